The van der Waals surface area contributed by atoms with Gasteiger partial charge in [-0.1, -0.05) is 0 Å². The van der Waals surface area contributed by atoms with Crippen LogP contribution < -0.4 is 10.1 Å². The molecule has 3 rings (SSSR count). The van der Waals surface area contributed by atoms with Gasteiger partial charge in [0.15, 0.2) is 0 Å². The molecule has 0 unspecified atom stereocenters. The zero-order chi connectivity index (χ0) is 17.1. The SMILES string of the molecule is O=C(Nc1ccc(OC(F)F)cc1)N1CCN(C(=O)C2CC2)CC1. The van der Waals surface area contributed by atoms with Gasteiger partial charge in [-0.2, -0.15) is 8.78 Å². The van der Waals surface area contributed by atoms with Crippen molar-refractivity contribution in [1.29, 1.82) is 0 Å². The van der Waals surface area contributed by atoms with Crippen LogP contribution in [0.3, 0.4) is 0 Å². The maximum atomic E-state index is 12.2. The number of rotatable bonds is 4. The lowest BCUT2D eigenvalue weighted by atomic mass is 10.2. The van der Waals surface area contributed by atoms with Gasteiger partial charge in [-0.15, -0.1) is 0 Å². The second kappa shape index (κ2) is 7.02. The van der Waals surface area contributed by atoms with E-state index in [0.29, 0.717) is 31.9 Å². The van der Waals surface area contributed by atoms with E-state index in [4.69, 9.17) is 0 Å². The van der Waals surface area contributed by atoms with Gasteiger partial charge in [-0.25, -0.2) is 4.79 Å². The van der Waals surface area contributed by atoms with Gasteiger partial charge in [0.2, 0.25) is 5.91 Å². The summed E-state index contributed by atoms with van der Waals surface area (Å²) in [6.45, 7) is -0.818. The number of alkyl halides is 2. The predicted molar refractivity (Wildman–Crippen MR) is 83.0 cm³/mol. The molecule has 1 aliphatic carbocycles. The Hall–Kier alpha value is -2.38. The minimum absolute atomic E-state index is 0.0372. The molecule has 1 aliphatic heterocycles. The Balaban J connectivity index is 1.47. The van der Waals surface area contributed by atoms with Gasteiger partial charge in [-0.3, -0.25) is 4.79 Å². The molecule has 1 aromatic rings. The third-order valence-corrected chi connectivity index (χ3v) is 4.14. The van der Waals surface area contributed by atoms with E-state index < -0.39 is 6.61 Å². The van der Waals surface area contributed by atoms with Crippen LogP contribution in [0.1, 0.15) is 12.8 Å². The highest BCUT2D eigenvalue weighted by Crippen LogP contribution is 2.31. The highest BCUT2D eigenvalue weighted by Gasteiger charge is 2.35. The molecule has 2 aliphatic rings. The van der Waals surface area contributed by atoms with Crippen LogP contribution in [0.15, 0.2) is 24.3 Å². The maximum Gasteiger partial charge on any atom is 0.387 e. The second-order valence-electron chi connectivity index (χ2n) is 5.92. The van der Waals surface area contributed by atoms with Crippen LogP contribution in [0.4, 0.5) is 19.3 Å². The van der Waals surface area contributed by atoms with E-state index >= 15 is 0 Å². The van der Waals surface area contributed by atoms with Crippen molar-refractivity contribution < 1.29 is 23.1 Å². The van der Waals surface area contributed by atoms with E-state index in [1.165, 1.54) is 24.3 Å². The van der Waals surface area contributed by atoms with Crippen molar-refractivity contribution in [2.24, 2.45) is 5.92 Å². The lowest BCUT2D eigenvalue weighted by molar-refractivity contribution is -0.133. The van der Waals surface area contributed by atoms with Crippen LogP contribution in [0.5, 0.6) is 5.75 Å². The number of piperazine rings is 1. The average Bonchev–Trinajstić information content (AvgIpc) is 3.40. The Kier molecular flexibility index (Phi) is 4.82. The van der Waals surface area contributed by atoms with Crippen molar-refractivity contribution in [3.63, 3.8) is 0 Å². The molecular formula is C16H19F2N3O3. The number of nitrogens with zero attached hydrogens (tertiary/aromatic N) is 2. The van der Waals surface area contributed by atoms with Gasteiger partial charge in [0.25, 0.3) is 0 Å². The molecule has 2 fully saturated rings. The zero-order valence-electron chi connectivity index (χ0n) is 13.1. The lowest BCUT2D eigenvalue weighted by Crippen LogP contribution is -2.52. The van der Waals surface area contributed by atoms with Gasteiger partial charge < -0.3 is 19.9 Å². The molecule has 3 amide bonds. The molecule has 0 bridgehead atoms. The molecule has 8 heteroatoms. The number of urea groups is 1. The van der Waals surface area contributed by atoms with E-state index in [1.807, 2.05) is 4.90 Å². The topological polar surface area (TPSA) is 61.9 Å². The quantitative estimate of drug-likeness (QED) is 0.916. The minimum atomic E-state index is -2.87. The monoisotopic (exact) mass is 339 g/mol. The standard InChI is InChI=1S/C16H19F2N3O3/c17-15(18)24-13-5-3-12(4-6-13)19-16(23)21-9-7-20(8-10-21)14(22)11-1-2-11/h3-6,11,15H,1-2,7-10H2,(H,19,23). The number of halogens is 2. The number of anilines is 1. The first-order valence-electron chi connectivity index (χ1n) is 7.92. The Labute approximate surface area is 138 Å². The zero-order valence-corrected chi connectivity index (χ0v) is 13.1. The third-order valence-electron chi connectivity index (χ3n) is 4.14. The first kappa shape index (κ1) is 16.5. The van der Waals surface area contributed by atoms with E-state index in [0.717, 1.165) is 12.8 Å². The number of ether oxygens (including phenoxy) is 1. The largest absolute Gasteiger partial charge is 0.435 e. The number of carbonyl (C=O) groups excluding carboxylic acids is 2. The predicted octanol–water partition coefficient (Wildman–Crippen LogP) is 2.37. The summed E-state index contributed by atoms with van der Waals surface area (Å²) < 4.78 is 28.4. The molecule has 1 heterocycles. The number of hydrogen-bond acceptors (Lipinski definition) is 3. The highest BCUT2D eigenvalue weighted by atomic mass is 19.3. The van der Waals surface area contributed by atoms with Crippen molar-refractivity contribution in [3.8, 4) is 5.75 Å². The van der Waals surface area contributed by atoms with E-state index in [2.05, 4.69) is 10.1 Å². The molecule has 1 N–H and O–H groups in total. The van der Waals surface area contributed by atoms with Gasteiger partial charge >= 0.3 is 12.6 Å². The summed E-state index contributed by atoms with van der Waals surface area (Å²) in [5, 5.41) is 2.71. The molecule has 130 valence electrons. The number of hydrogen-bond donors (Lipinski definition) is 1. The smallest absolute Gasteiger partial charge is 0.387 e. The Morgan fingerprint density at radius 1 is 1.04 bits per heavy atom. The molecule has 0 spiro atoms. The van der Waals surface area contributed by atoms with Crippen molar-refractivity contribution in [2.45, 2.75) is 19.5 Å². The fourth-order valence-electron chi connectivity index (χ4n) is 2.64. The summed E-state index contributed by atoms with van der Waals surface area (Å²) in [5.41, 5.74) is 0.498. The normalized spacial score (nSPS) is 17.8. The number of carbonyl (C=O) groups is 2. The minimum Gasteiger partial charge on any atom is -0.435 e. The molecule has 1 aromatic carbocycles. The van der Waals surface area contributed by atoms with Crippen molar-refractivity contribution in [2.75, 3.05) is 31.5 Å². The van der Waals surface area contributed by atoms with Crippen LogP contribution in [0.2, 0.25) is 0 Å². The summed E-state index contributed by atoms with van der Waals surface area (Å²) in [4.78, 5) is 27.6. The molecule has 1 saturated heterocycles. The Morgan fingerprint density at radius 2 is 1.62 bits per heavy atom. The van der Waals surface area contributed by atoms with Gasteiger partial charge in [0.05, 0.1) is 0 Å². The number of nitrogens with one attached hydrogen (secondary N) is 1. The van der Waals surface area contributed by atoms with E-state index in [1.54, 1.807) is 4.90 Å². The summed E-state index contributed by atoms with van der Waals surface area (Å²) in [7, 11) is 0. The van der Waals surface area contributed by atoms with E-state index in [9.17, 15) is 18.4 Å². The molecule has 0 aromatic heterocycles. The summed E-state index contributed by atoms with van der Waals surface area (Å²) in [5.74, 6) is 0.430. The summed E-state index contributed by atoms with van der Waals surface area (Å²) in [6.07, 6.45) is 1.95. The van der Waals surface area contributed by atoms with Crippen LogP contribution in [0, 0.1) is 5.92 Å². The van der Waals surface area contributed by atoms with Crippen LogP contribution in [-0.2, 0) is 4.79 Å². The first-order chi connectivity index (χ1) is 11.5. The third kappa shape index (κ3) is 4.12. The van der Waals surface area contributed by atoms with Crippen molar-refractivity contribution >= 4 is 17.6 Å². The van der Waals surface area contributed by atoms with Crippen molar-refractivity contribution in [3.05, 3.63) is 24.3 Å². The molecule has 0 atom stereocenters. The fourth-order valence-corrected chi connectivity index (χ4v) is 2.64. The summed E-state index contributed by atoms with van der Waals surface area (Å²) >= 11 is 0. The average molecular weight is 339 g/mol. The highest BCUT2D eigenvalue weighted by molar-refractivity contribution is 5.89. The number of amides is 3. The summed E-state index contributed by atoms with van der Waals surface area (Å²) in [6, 6.07) is 5.48. The Morgan fingerprint density at radius 3 is 2.17 bits per heavy atom. The fraction of sp³-hybridized carbons (Fsp3) is 0.500. The first-order valence-corrected chi connectivity index (χ1v) is 7.92. The molecule has 0 radical (unpaired) electrons. The molecular weight excluding hydrogens is 320 g/mol. The molecule has 24 heavy (non-hydrogen) atoms. The Bertz CT molecular complexity index is 597. The van der Waals surface area contributed by atoms with E-state index in [-0.39, 0.29) is 23.6 Å². The molecule has 1 saturated carbocycles. The lowest BCUT2D eigenvalue weighted by Gasteiger charge is -2.34. The second-order valence-corrected chi connectivity index (χ2v) is 5.92. The molecule has 6 nitrogen and oxygen atoms in total. The van der Waals surface area contributed by atoms with Gasteiger partial charge in [0.1, 0.15) is 5.75 Å². The van der Waals surface area contributed by atoms with Crippen LogP contribution >= 0.6 is 0 Å². The maximum absolute atomic E-state index is 12.2. The van der Waals surface area contributed by atoms with Gasteiger partial charge in [-0.05, 0) is 37.1 Å². The van der Waals surface area contributed by atoms with Crippen LogP contribution in [-0.4, -0.2) is 54.5 Å². The number of benzene rings is 1. The van der Waals surface area contributed by atoms with Gasteiger partial charge in [0, 0.05) is 37.8 Å². The van der Waals surface area contributed by atoms with Crippen LogP contribution in [0.25, 0.3) is 0 Å². The van der Waals surface area contributed by atoms with Crippen molar-refractivity contribution in [1.82, 2.24) is 9.80 Å².